The van der Waals surface area contributed by atoms with Gasteiger partial charge in [0, 0.05) is 6.54 Å². The highest BCUT2D eigenvalue weighted by atomic mass is 32.2. The molecule has 0 aromatic heterocycles. The Morgan fingerprint density at radius 3 is 2.88 bits per heavy atom. The van der Waals surface area contributed by atoms with E-state index < -0.39 is 0 Å². The van der Waals surface area contributed by atoms with Crippen LogP contribution in [0.5, 0.6) is 0 Å². The molecule has 0 amide bonds. The second-order valence-corrected chi connectivity index (χ2v) is 5.70. The standard InChI is InChI=1S/C13H20N2S/c1-10-3-2-4-12(13(10)14)15-9-11-5-7-16-8-6-11/h2-4,11,15H,5-9,14H2,1H3. The molecule has 3 heteroatoms. The van der Waals surface area contributed by atoms with Crippen molar-refractivity contribution in [2.75, 3.05) is 29.1 Å². The van der Waals surface area contributed by atoms with E-state index in [1.807, 2.05) is 0 Å². The fourth-order valence-corrected chi connectivity index (χ4v) is 3.24. The summed E-state index contributed by atoms with van der Waals surface area (Å²) in [5.41, 5.74) is 9.18. The third kappa shape index (κ3) is 2.85. The number of para-hydroxylation sites is 1. The molecule has 3 N–H and O–H groups in total. The highest BCUT2D eigenvalue weighted by molar-refractivity contribution is 7.99. The zero-order valence-corrected chi connectivity index (χ0v) is 10.6. The number of anilines is 2. The quantitative estimate of drug-likeness (QED) is 0.792. The zero-order valence-electron chi connectivity index (χ0n) is 9.83. The van der Waals surface area contributed by atoms with E-state index in [1.165, 1.54) is 24.3 Å². The van der Waals surface area contributed by atoms with Gasteiger partial charge in [-0.25, -0.2) is 0 Å². The number of hydrogen-bond donors (Lipinski definition) is 2. The van der Waals surface area contributed by atoms with Gasteiger partial charge in [-0.1, -0.05) is 12.1 Å². The van der Waals surface area contributed by atoms with Crippen molar-refractivity contribution in [1.82, 2.24) is 0 Å². The Morgan fingerprint density at radius 2 is 2.12 bits per heavy atom. The predicted octanol–water partition coefficient (Wildman–Crippen LogP) is 3.13. The fraction of sp³-hybridized carbons (Fsp3) is 0.538. The van der Waals surface area contributed by atoms with E-state index >= 15 is 0 Å². The van der Waals surface area contributed by atoms with Crippen molar-refractivity contribution < 1.29 is 0 Å². The Hall–Kier alpha value is -0.830. The summed E-state index contributed by atoms with van der Waals surface area (Å²) < 4.78 is 0. The Bertz CT molecular complexity index is 346. The Morgan fingerprint density at radius 1 is 1.38 bits per heavy atom. The molecule has 0 radical (unpaired) electrons. The van der Waals surface area contributed by atoms with Gasteiger partial charge in [-0.15, -0.1) is 0 Å². The molecule has 1 aliphatic rings. The molecule has 1 fully saturated rings. The van der Waals surface area contributed by atoms with Crippen LogP contribution in [-0.4, -0.2) is 18.1 Å². The van der Waals surface area contributed by atoms with Crippen LogP contribution in [0.15, 0.2) is 18.2 Å². The molecule has 1 aliphatic heterocycles. The summed E-state index contributed by atoms with van der Waals surface area (Å²) >= 11 is 2.07. The molecule has 1 saturated heterocycles. The smallest absolute Gasteiger partial charge is 0.0579 e. The number of nitrogens with one attached hydrogen (secondary N) is 1. The van der Waals surface area contributed by atoms with Crippen LogP contribution in [0.1, 0.15) is 18.4 Å². The molecule has 88 valence electrons. The van der Waals surface area contributed by atoms with E-state index in [2.05, 4.69) is 42.2 Å². The number of rotatable bonds is 3. The summed E-state index contributed by atoms with van der Waals surface area (Å²) in [7, 11) is 0. The number of thioether (sulfide) groups is 1. The minimum atomic E-state index is 0.821. The van der Waals surface area contributed by atoms with Gasteiger partial charge in [0.25, 0.3) is 0 Å². The van der Waals surface area contributed by atoms with Gasteiger partial charge in [0.1, 0.15) is 0 Å². The average Bonchev–Trinajstić information content (AvgIpc) is 2.32. The maximum atomic E-state index is 6.03. The van der Waals surface area contributed by atoms with Crippen molar-refractivity contribution in [2.24, 2.45) is 5.92 Å². The van der Waals surface area contributed by atoms with E-state index in [0.29, 0.717) is 0 Å². The molecule has 0 aliphatic carbocycles. The highest BCUT2D eigenvalue weighted by Gasteiger charge is 2.13. The minimum absolute atomic E-state index is 0.821. The first-order valence-corrected chi connectivity index (χ1v) is 7.09. The summed E-state index contributed by atoms with van der Waals surface area (Å²) in [6, 6.07) is 6.18. The van der Waals surface area contributed by atoms with Crippen LogP contribution in [0.25, 0.3) is 0 Å². The van der Waals surface area contributed by atoms with Crippen LogP contribution in [0.4, 0.5) is 11.4 Å². The summed E-state index contributed by atoms with van der Waals surface area (Å²) in [5, 5.41) is 3.49. The first-order valence-electron chi connectivity index (χ1n) is 5.94. The number of hydrogen-bond acceptors (Lipinski definition) is 3. The van der Waals surface area contributed by atoms with Gasteiger partial charge < -0.3 is 11.1 Å². The molecule has 1 aromatic rings. The van der Waals surface area contributed by atoms with E-state index in [-0.39, 0.29) is 0 Å². The Balaban J connectivity index is 1.91. The molecule has 0 bridgehead atoms. The molecule has 0 atom stereocenters. The van der Waals surface area contributed by atoms with Gasteiger partial charge in [-0.3, -0.25) is 0 Å². The Labute approximate surface area is 102 Å². The van der Waals surface area contributed by atoms with Crippen molar-refractivity contribution in [2.45, 2.75) is 19.8 Å². The summed E-state index contributed by atoms with van der Waals surface area (Å²) in [6.07, 6.45) is 2.67. The lowest BCUT2D eigenvalue weighted by Crippen LogP contribution is -2.19. The van der Waals surface area contributed by atoms with Crippen LogP contribution in [0, 0.1) is 12.8 Å². The summed E-state index contributed by atoms with van der Waals surface area (Å²) in [4.78, 5) is 0. The molecular weight excluding hydrogens is 216 g/mol. The topological polar surface area (TPSA) is 38.0 Å². The van der Waals surface area contributed by atoms with Gasteiger partial charge in [-0.2, -0.15) is 11.8 Å². The molecule has 0 saturated carbocycles. The largest absolute Gasteiger partial charge is 0.397 e. The van der Waals surface area contributed by atoms with E-state index in [0.717, 1.165) is 29.4 Å². The van der Waals surface area contributed by atoms with Gasteiger partial charge in [0.05, 0.1) is 11.4 Å². The second kappa shape index (κ2) is 5.48. The summed E-state index contributed by atoms with van der Waals surface area (Å²) in [6.45, 7) is 3.12. The number of nitrogens with two attached hydrogens (primary N) is 1. The zero-order chi connectivity index (χ0) is 11.4. The SMILES string of the molecule is Cc1cccc(NCC2CCSCC2)c1N. The molecule has 0 spiro atoms. The number of aryl methyl sites for hydroxylation is 1. The maximum Gasteiger partial charge on any atom is 0.0579 e. The third-order valence-electron chi connectivity index (χ3n) is 3.25. The fourth-order valence-electron chi connectivity index (χ4n) is 2.04. The van der Waals surface area contributed by atoms with Crippen molar-refractivity contribution in [3.63, 3.8) is 0 Å². The van der Waals surface area contributed by atoms with Crippen LogP contribution in [0.3, 0.4) is 0 Å². The van der Waals surface area contributed by atoms with Gasteiger partial charge in [-0.05, 0) is 48.8 Å². The average molecular weight is 236 g/mol. The van der Waals surface area contributed by atoms with E-state index in [4.69, 9.17) is 5.73 Å². The number of nitrogen functional groups attached to an aromatic ring is 1. The first-order chi connectivity index (χ1) is 7.77. The second-order valence-electron chi connectivity index (χ2n) is 4.47. The van der Waals surface area contributed by atoms with Crippen molar-refractivity contribution in [3.05, 3.63) is 23.8 Å². The maximum absolute atomic E-state index is 6.03. The monoisotopic (exact) mass is 236 g/mol. The predicted molar refractivity (Wildman–Crippen MR) is 74.1 cm³/mol. The van der Waals surface area contributed by atoms with Crippen LogP contribution in [0.2, 0.25) is 0 Å². The third-order valence-corrected chi connectivity index (χ3v) is 4.29. The lowest BCUT2D eigenvalue weighted by atomic mass is 10.0. The van der Waals surface area contributed by atoms with Gasteiger partial charge >= 0.3 is 0 Å². The lowest BCUT2D eigenvalue weighted by molar-refractivity contribution is 0.516. The molecule has 1 aromatic carbocycles. The lowest BCUT2D eigenvalue weighted by Gasteiger charge is -2.22. The minimum Gasteiger partial charge on any atom is -0.397 e. The van der Waals surface area contributed by atoms with E-state index in [1.54, 1.807) is 0 Å². The Kier molecular flexibility index (Phi) is 3.99. The molecule has 2 nitrogen and oxygen atoms in total. The van der Waals surface area contributed by atoms with Crippen LogP contribution >= 0.6 is 11.8 Å². The first kappa shape index (κ1) is 11.6. The molecule has 1 heterocycles. The van der Waals surface area contributed by atoms with Gasteiger partial charge in [0.15, 0.2) is 0 Å². The van der Waals surface area contributed by atoms with Crippen molar-refractivity contribution in [1.29, 1.82) is 0 Å². The molecule has 2 rings (SSSR count). The molecule has 16 heavy (non-hydrogen) atoms. The normalized spacial score (nSPS) is 17.3. The number of benzene rings is 1. The highest BCUT2D eigenvalue weighted by Crippen LogP contribution is 2.25. The molecular formula is C13H20N2S. The van der Waals surface area contributed by atoms with Crippen LogP contribution in [-0.2, 0) is 0 Å². The van der Waals surface area contributed by atoms with Crippen molar-refractivity contribution >= 4 is 23.1 Å². The van der Waals surface area contributed by atoms with Crippen molar-refractivity contribution in [3.8, 4) is 0 Å². The van der Waals surface area contributed by atoms with E-state index in [9.17, 15) is 0 Å². The van der Waals surface area contributed by atoms with Gasteiger partial charge in [0.2, 0.25) is 0 Å². The summed E-state index contributed by atoms with van der Waals surface area (Å²) in [5.74, 6) is 3.45. The van der Waals surface area contributed by atoms with Crippen LogP contribution < -0.4 is 11.1 Å². The molecule has 0 unspecified atom stereocenters.